The third-order valence-corrected chi connectivity index (χ3v) is 3.68. The summed E-state index contributed by atoms with van der Waals surface area (Å²) in [5.74, 6) is -0.231. The Morgan fingerprint density at radius 1 is 1.15 bits per heavy atom. The zero-order chi connectivity index (χ0) is 14.3. The van der Waals surface area contributed by atoms with Crippen LogP contribution in [0.1, 0.15) is 11.1 Å². The van der Waals surface area contributed by atoms with E-state index >= 15 is 0 Å². The van der Waals surface area contributed by atoms with Crippen LogP contribution < -0.4 is 5.32 Å². The van der Waals surface area contributed by atoms with Crippen LogP contribution in [0.5, 0.6) is 0 Å². The van der Waals surface area contributed by atoms with Gasteiger partial charge in [-0.15, -0.1) is 0 Å². The lowest BCUT2D eigenvalue weighted by molar-refractivity contribution is -0.110. The van der Waals surface area contributed by atoms with Gasteiger partial charge in [0.25, 0.3) is 5.91 Å². The molecule has 2 aromatic rings. The van der Waals surface area contributed by atoms with Crippen molar-refractivity contribution in [3.05, 3.63) is 57.6 Å². The van der Waals surface area contributed by atoms with Gasteiger partial charge in [0.15, 0.2) is 0 Å². The molecule has 5 heteroatoms. The van der Waals surface area contributed by atoms with Crippen molar-refractivity contribution in [2.75, 3.05) is 5.32 Å². The summed E-state index contributed by atoms with van der Waals surface area (Å²) in [7, 11) is 0. The summed E-state index contributed by atoms with van der Waals surface area (Å²) >= 11 is 12.0. The molecule has 3 nitrogen and oxygen atoms in total. The predicted molar refractivity (Wildman–Crippen MR) is 82.5 cm³/mol. The first-order valence-corrected chi connectivity index (χ1v) is 6.77. The van der Waals surface area contributed by atoms with Crippen LogP contribution in [0.25, 0.3) is 0 Å². The van der Waals surface area contributed by atoms with E-state index in [1.807, 2.05) is 25.1 Å². The summed E-state index contributed by atoms with van der Waals surface area (Å²) in [6, 6.07) is 10.7. The molecule has 0 saturated heterocycles. The van der Waals surface area contributed by atoms with E-state index in [1.165, 1.54) is 0 Å². The number of carbonyl (C=O) groups is 1. The Kier molecular flexibility index (Phi) is 3.24. The van der Waals surface area contributed by atoms with Gasteiger partial charge in [-0.25, -0.2) is 4.99 Å². The van der Waals surface area contributed by atoms with Crippen molar-refractivity contribution in [3.63, 3.8) is 0 Å². The molecule has 3 rings (SSSR count). The van der Waals surface area contributed by atoms with Crippen molar-refractivity contribution in [1.29, 1.82) is 0 Å². The molecule has 0 fully saturated rings. The van der Waals surface area contributed by atoms with Crippen molar-refractivity contribution < 1.29 is 4.79 Å². The number of nitrogens with zero attached hydrogens (tertiary/aromatic N) is 1. The Labute approximate surface area is 126 Å². The van der Waals surface area contributed by atoms with E-state index in [1.54, 1.807) is 18.2 Å². The fourth-order valence-corrected chi connectivity index (χ4v) is 2.46. The summed E-state index contributed by atoms with van der Waals surface area (Å²) < 4.78 is 0. The summed E-state index contributed by atoms with van der Waals surface area (Å²) in [4.78, 5) is 16.4. The van der Waals surface area contributed by atoms with E-state index in [-0.39, 0.29) is 5.91 Å². The first-order valence-electron chi connectivity index (χ1n) is 6.01. The molecule has 0 saturated carbocycles. The molecule has 1 amide bonds. The predicted octanol–water partition coefficient (Wildman–Crippen LogP) is 4.37. The van der Waals surface area contributed by atoms with Crippen LogP contribution in [0.2, 0.25) is 10.0 Å². The molecule has 0 spiro atoms. The number of halogens is 2. The molecule has 1 aliphatic rings. The van der Waals surface area contributed by atoms with Crippen molar-refractivity contribution >= 4 is 46.2 Å². The zero-order valence-corrected chi connectivity index (χ0v) is 12.1. The monoisotopic (exact) mass is 304 g/mol. The molecule has 0 aromatic heterocycles. The van der Waals surface area contributed by atoms with Crippen LogP contribution in [-0.4, -0.2) is 11.6 Å². The molecule has 0 aliphatic carbocycles. The van der Waals surface area contributed by atoms with Crippen LogP contribution in [0.3, 0.4) is 0 Å². The van der Waals surface area contributed by atoms with Crippen LogP contribution in [0.4, 0.5) is 11.4 Å². The highest BCUT2D eigenvalue weighted by atomic mass is 35.5. The number of amides is 1. The number of fused-ring (bicyclic) bond motifs is 1. The van der Waals surface area contributed by atoms with Crippen molar-refractivity contribution in [3.8, 4) is 0 Å². The second-order valence-corrected chi connectivity index (χ2v) is 5.35. The van der Waals surface area contributed by atoms with Crippen LogP contribution >= 0.6 is 23.2 Å². The lowest BCUT2D eigenvalue weighted by Gasteiger charge is -2.02. The van der Waals surface area contributed by atoms with Gasteiger partial charge < -0.3 is 5.32 Å². The third kappa shape index (κ3) is 2.19. The number of anilines is 1. The highest BCUT2D eigenvalue weighted by molar-refractivity contribution is 6.54. The normalized spacial score (nSPS) is 15.3. The fourth-order valence-electron chi connectivity index (χ4n) is 2.13. The van der Waals surface area contributed by atoms with E-state index in [0.29, 0.717) is 21.4 Å². The van der Waals surface area contributed by atoms with Gasteiger partial charge in [-0.2, -0.15) is 0 Å². The standard InChI is InChI=1S/C15H10Cl2N2O/c1-8-3-2-4-10-13(8)19-15(20)14(10)18-12-7-9(16)5-6-11(12)17/h2-7H,1H3,(H,18,19,20). The maximum Gasteiger partial charge on any atom is 0.275 e. The summed E-state index contributed by atoms with van der Waals surface area (Å²) in [5.41, 5.74) is 3.42. The number of hydrogen-bond acceptors (Lipinski definition) is 2. The Morgan fingerprint density at radius 2 is 1.95 bits per heavy atom. The minimum Gasteiger partial charge on any atom is -0.320 e. The average molecular weight is 305 g/mol. The van der Waals surface area contributed by atoms with Gasteiger partial charge in [0.2, 0.25) is 0 Å². The van der Waals surface area contributed by atoms with Gasteiger partial charge in [-0.1, -0.05) is 41.4 Å². The smallest absolute Gasteiger partial charge is 0.275 e. The van der Waals surface area contributed by atoms with E-state index < -0.39 is 0 Å². The summed E-state index contributed by atoms with van der Waals surface area (Å²) in [6.45, 7) is 1.94. The molecule has 1 heterocycles. The lowest BCUT2D eigenvalue weighted by Crippen LogP contribution is -2.14. The van der Waals surface area contributed by atoms with E-state index in [4.69, 9.17) is 23.2 Å². The minimum atomic E-state index is -0.231. The SMILES string of the molecule is Cc1cccc2c1NC(=O)C2=Nc1cc(Cl)ccc1Cl. The molecule has 0 bridgehead atoms. The van der Waals surface area contributed by atoms with Crippen molar-refractivity contribution in [2.45, 2.75) is 6.92 Å². The van der Waals surface area contributed by atoms with Gasteiger partial charge in [-0.05, 0) is 30.7 Å². The van der Waals surface area contributed by atoms with Gasteiger partial charge in [-0.3, -0.25) is 4.79 Å². The highest BCUT2D eigenvalue weighted by Gasteiger charge is 2.27. The van der Waals surface area contributed by atoms with Crippen molar-refractivity contribution in [1.82, 2.24) is 0 Å². The van der Waals surface area contributed by atoms with Gasteiger partial charge in [0, 0.05) is 10.6 Å². The maximum atomic E-state index is 12.1. The zero-order valence-electron chi connectivity index (χ0n) is 10.6. The molecule has 0 radical (unpaired) electrons. The molecule has 20 heavy (non-hydrogen) atoms. The van der Waals surface area contributed by atoms with Crippen LogP contribution in [-0.2, 0) is 4.79 Å². The van der Waals surface area contributed by atoms with E-state index in [0.717, 1.165) is 16.8 Å². The Hall–Kier alpha value is -1.84. The largest absolute Gasteiger partial charge is 0.320 e. The Balaban J connectivity index is 2.16. The summed E-state index contributed by atoms with van der Waals surface area (Å²) in [6.07, 6.45) is 0. The third-order valence-electron chi connectivity index (χ3n) is 3.12. The van der Waals surface area contributed by atoms with Crippen LogP contribution in [0, 0.1) is 6.92 Å². The molecule has 100 valence electrons. The second-order valence-electron chi connectivity index (χ2n) is 4.51. The van der Waals surface area contributed by atoms with Crippen molar-refractivity contribution in [2.24, 2.45) is 4.99 Å². The number of aryl methyl sites for hydroxylation is 1. The topological polar surface area (TPSA) is 41.5 Å². The number of aliphatic imine (C=N–C) groups is 1. The van der Waals surface area contributed by atoms with Gasteiger partial charge >= 0.3 is 0 Å². The minimum absolute atomic E-state index is 0.231. The molecule has 2 aromatic carbocycles. The molecule has 1 aliphatic heterocycles. The Bertz CT molecular complexity index is 754. The number of para-hydroxylation sites is 1. The molecular weight excluding hydrogens is 295 g/mol. The number of benzene rings is 2. The molecule has 0 unspecified atom stereocenters. The molecule has 0 atom stereocenters. The maximum absolute atomic E-state index is 12.1. The molecular formula is C15H10Cl2N2O. The lowest BCUT2D eigenvalue weighted by atomic mass is 10.1. The number of nitrogens with one attached hydrogen (secondary N) is 1. The number of rotatable bonds is 1. The summed E-state index contributed by atoms with van der Waals surface area (Å²) in [5, 5.41) is 3.80. The van der Waals surface area contributed by atoms with E-state index in [9.17, 15) is 4.79 Å². The second kappa shape index (κ2) is 4.93. The van der Waals surface area contributed by atoms with Gasteiger partial charge in [0.1, 0.15) is 5.71 Å². The quantitative estimate of drug-likeness (QED) is 0.835. The average Bonchev–Trinajstić information content (AvgIpc) is 2.73. The highest BCUT2D eigenvalue weighted by Crippen LogP contribution is 2.32. The number of hydrogen-bond donors (Lipinski definition) is 1. The first kappa shape index (κ1) is 13.2. The van der Waals surface area contributed by atoms with Gasteiger partial charge in [0.05, 0.1) is 16.4 Å². The first-order chi connectivity index (χ1) is 9.56. The number of carbonyl (C=O) groups excluding carboxylic acids is 1. The Morgan fingerprint density at radius 3 is 2.75 bits per heavy atom. The van der Waals surface area contributed by atoms with Crippen LogP contribution in [0.15, 0.2) is 41.4 Å². The van der Waals surface area contributed by atoms with E-state index in [2.05, 4.69) is 10.3 Å². The fraction of sp³-hybridized carbons (Fsp3) is 0.0667. The molecule has 1 N–H and O–H groups in total.